The number of benzene rings is 2. The van der Waals surface area contributed by atoms with E-state index in [0.29, 0.717) is 5.92 Å². The first kappa shape index (κ1) is 11.9. The molecule has 1 aliphatic carbocycles. The number of allylic oxidation sites excluding steroid dienone is 1. The predicted molar refractivity (Wildman–Crippen MR) is 83.8 cm³/mol. The smallest absolute Gasteiger partial charge is 0.0234 e. The lowest BCUT2D eigenvalue weighted by Gasteiger charge is -2.42. The molecule has 2 aromatic rings. The van der Waals surface area contributed by atoms with E-state index in [2.05, 4.69) is 72.1 Å². The van der Waals surface area contributed by atoms with Crippen molar-refractivity contribution in [3.63, 3.8) is 0 Å². The summed E-state index contributed by atoms with van der Waals surface area (Å²) in [5.74, 6) is 0.525. The average molecular weight is 261 g/mol. The van der Waals surface area contributed by atoms with E-state index in [1.807, 2.05) is 0 Å². The summed E-state index contributed by atoms with van der Waals surface area (Å²) in [6.07, 6.45) is 5.95. The van der Waals surface area contributed by atoms with Crippen LogP contribution in [0.2, 0.25) is 0 Å². The monoisotopic (exact) mass is 261 g/mol. The Morgan fingerprint density at radius 1 is 0.950 bits per heavy atom. The van der Waals surface area contributed by atoms with Crippen molar-refractivity contribution in [3.8, 4) is 0 Å². The molecule has 0 aromatic heterocycles. The van der Waals surface area contributed by atoms with Gasteiger partial charge in [0.15, 0.2) is 0 Å². The van der Waals surface area contributed by atoms with Gasteiger partial charge in [0.1, 0.15) is 0 Å². The van der Waals surface area contributed by atoms with Crippen molar-refractivity contribution < 1.29 is 0 Å². The van der Waals surface area contributed by atoms with Crippen LogP contribution in [0.3, 0.4) is 0 Å². The molecule has 0 radical (unpaired) electrons. The van der Waals surface area contributed by atoms with Crippen molar-refractivity contribution >= 4 is 6.08 Å². The third kappa shape index (κ3) is 1.66. The van der Waals surface area contributed by atoms with Crippen LogP contribution in [0.1, 0.15) is 29.0 Å². The molecular weight excluding hydrogens is 242 g/mol. The van der Waals surface area contributed by atoms with Crippen molar-refractivity contribution in [3.05, 3.63) is 77.4 Å². The van der Waals surface area contributed by atoms with Gasteiger partial charge in [-0.05, 0) is 29.7 Å². The summed E-state index contributed by atoms with van der Waals surface area (Å²) in [7, 11) is 0. The third-order valence-electron chi connectivity index (χ3n) is 4.91. The van der Waals surface area contributed by atoms with Crippen LogP contribution in [0.5, 0.6) is 0 Å². The van der Waals surface area contributed by atoms with Gasteiger partial charge >= 0.3 is 0 Å². The fourth-order valence-electron chi connectivity index (χ4n) is 3.91. The molecule has 2 atom stereocenters. The summed E-state index contributed by atoms with van der Waals surface area (Å²) in [5, 5.41) is 3.58. The molecule has 2 unspecified atom stereocenters. The highest BCUT2D eigenvalue weighted by Gasteiger charge is 2.43. The summed E-state index contributed by atoms with van der Waals surface area (Å²) in [5.41, 5.74) is 4.54. The molecule has 1 fully saturated rings. The highest BCUT2D eigenvalue weighted by atomic mass is 14.9. The minimum absolute atomic E-state index is 0.184. The van der Waals surface area contributed by atoms with Crippen LogP contribution < -0.4 is 5.32 Å². The van der Waals surface area contributed by atoms with Crippen molar-refractivity contribution in [1.29, 1.82) is 0 Å². The molecular formula is C19H19N. The van der Waals surface area contributed by atoms with E-state index in [1.165, 1.54) is 23.1 Å². The van der Waals surface area contributed by atoms with Crippen LogP contribution in [-0.4, -0.2) is 13.1 Å². The van der Waals surface area contributed by atoms with E-state index in [4.69, 9.17) is 0 Å². The first-order chi connectivity index (χ1) is 9.90. The lowest BCUT2D eigenvalue weighted by Crippen LogP contribution is -2.44. The van der Waals surface area contributed by atoms with E-state index in [-0.39, 0.29) is 5.41 Å². The topological polar surface area (TPSA) is 12.0 Å². The Morgan fingerprint density at radius 2 is 1.75 bits per heavy atom. The number of fused-ring (bicyclic) bond motifs is 2. The molecule has 0 bridgehead atoms. The van der Waals surface area contributed by atoms with Crippen LogP contribution >= 0.6 is 0 Å². The van der Waals surface area contributed by atoms with Crippen molar-refractivity contribution in [2.45, 2.75) is 17.8 Å². The Labute approximate surface area is 120 Å². The second kappa shape index (κ2) is 4.60. The molecule has 4 rings (SSSR count). The van der Waals surface area contributed by atoms with E-state index in [0.717, 1.165) is 13.1 Å². The van der Waals surface area contributed by atoms with Crippen molar-refractivity contribution in [2.24, 2.45) is 0 Å². The van der Waals surface area contributed by atoms with Gasteiger partial charge in [-0.3, -0.25) is 0 Å². The molecule has 1 nitrogen and oxygen atoms in total. The van der Waals surface area contributed by atoms with Gasteiger partial charge < -0.3 is 5.32 Å². The lowest BCUT2D eigenvalue weighted by atomic mass is 9.65. The first-order valence-electron chi connectivity index (χ1n) is 7.44. The summed E-state index contributed by atoms with van der Waals surface area (Å²) in [6.45, 7) is 2.16. The number of hydrogen-bond acceptors (Lipinski definition) is 1. The second-order valence-electron chi connectivity index (χ2n) is 5.88. The molecule has 1 heteroatoms. The molecule has 100 valence electrons. The highest BCUT2D eigenvalue weighted by molar-refractivity contribution is 5.66. The molecule has 2 aliphatic rings. The fourth-order valence-corrected chi connectivity index (χ4v) is 3.91. The minimum atomic E-state index is 0.184. The van der Waals surface area contributed by atoms with Gasteiger partial charge in [0, 0.05) is 17.9 Å². The van der Waals surface area contributed by atoms with Gasteiger partial charge in [0.05, 0.1) is 0 Å². The van der Waals surface area contributed by atoms with Gasteiger partial charge in [-0.25, -0.2) is 0 Å². The summed E-state index contributed by atoms with van der Waals surface area (Å²) in [6, 6.07) is 19.8. The van der Waals surface area contributed by atoms with Gasteiger partial charge in [0.2, 0.25) is 0 Å². The third-order valence-corrected chi connectivity index (χ3v) is 4.91. The molecule has 1 spiro atoms. The van der Waals surface area contributed by atoms with Crippen LogP contribution in [0.15, 0.2) is 60.7 Å². The Hall–Kier alpha value is -1.86. The summed E-state index contributed by atoms with van der Waals surface area (Å²) in [4.78, 5) is 0. The van der Waals surface area contributed by atoms with Gasteiger partial charge in [-0.1, -0.05) is 66.7 Å². The minimum Gasteiger partial charge on any atom is -0.316 e. The molecule has 1 heterocycles. The quantitative estimate of drug-likeness (QED) is 0.825. The van der Waals surface area contributed by atoms with Crippen LogP contribution in [0.25, 0.3) is 6.08 Å². The zero-order valence-electron chi connectivity index (χ0n) is 11.5. The fraction of sp³-hybridized carbons (Fsp3) is 0.263. The molecule has 1 saturated heterocycles. The van der Waals surface area contributed by atoms with Gasteiger partial charge in [-0.15, -0.1) is 0 Å². The predicted octanol–water partition coefficient (Wildman–Crippen LogP) is 3.73. The number of hydrogen-bond donors (Lipinski definition) is 1. The lowest BCUT2D eigenvalue weighted by molar-refractivity contribution is 0.326. The van der Waals surface area contributed by atoms with Crippen LogP contribution in [-0.2, 0) is 5.41 Å². The van der Waals surface area contributed by atoms with E-state index >= 15 is 0 Å². The van der Waals surface area contributed by atoms with E-state index < -0.39 is 0 Å². The zero-order valence-corrected chi connectivity index (χ0v) is 11.5. The number of piperidine rings is 1. The van der Waals surface area contributed by atoms with Crippen LogP contribution in [0, 0.1) is 0 Å². The van der Waals surface area contributed by atoms with E-state index in [9.17, 15) is 0 Å². The normalized spacial score (nSPS) is 27.7. The molecule has 20 heavy (non-hydrogen) atoms. The Morgan fingerprint density at radius 3 is 2.65 bits per heavy atom. The first-order valence-corrected chi connectivity index (χ1v) is 7.44. The Bertz CT molecular complexity index is 644. The number of rotatable bonds is 1. The molecule has 2 aromatic carbocycles. The van der Waals surface area contributed by atoms with Gasteiger partial charge in [0.25, 0.3) is 0 Å². The maximum atomic E-state index is 3.58. The van der Waals surface area contributed by atoms with Crippen molar-refractivity contribution in [1.82, 2.24) is 5.32 Å². The molecule has 1 N–H and O–H groups in total. The number of nitrogens with one attached hydrogen (secondary N) is 1. The van der Waals surface area contributed by atoms with Crippen LogP contribution in [0.4, 0.5) is 0 Å². The second-order valence-corrected chi connectivity index (χ2v) is 5.88. The Balaban J connectivity index is 1.85. The molecule has 0 amide bonds. The summed E-state index contributed by atoms with van der Waals surface area (Å²) < 4.78 is 0. The maximum Gasteiger partial charge on any atom is 0.0234 e. The van der Waals surface area contributed by atoms with E-state index in [1.54, 1.807) is 0 Å². The SMILES string of the molecule is C1=CC2(CCNCC2c2ccccc2)c2ccccc21. The Kier molecular flexibility index (Phi) is 2.75. The average Bonchev–Trinajstić information content (AvgIpc) is 2.89. The zero-order chi connectivity index (χ0) is 13.4. The standard InChI is InChI=1S/C19H19N/c1-2-6-15(7-3-1)18-14-20-13-12-19(18)11-10-16-8-4-5-9-17(16)19/h1-11,18,20H,12-14H2. The molecule has 1 aliphatic heterocycles. The van der Waals surface area contributed by atoms with Gasteiger partial charge in [-0.2, -0.15) is 0 Å². The summed E-state index contributed by atoms with van der Waals surface area (Å²) >= 11 is 0. The largest absolute Gasteiger partial charge is 0.316 e. The highest BCUT2D eigenvalue weighted by Crippen LogP contribution is 2.49. The van der Waals surface area contributed by atoms with Crippen molar-refractivity contribution in [2.75, 3.05) is 13.1 Å². The molecule has 0 saturated carbocycles. The maximum absolute atomic E-state index is 3.58.